The summed E-state index contributed by atoms with van der Waals surface area (Å²) in [7, 11) is 0. The Morgan fingerprint density at radius 3 is 3.08 bits per heavy atom. The minimum Gasteiger partial charge on any atom is -0.379 e. The molecule has 0 bridgehead atoms. The second-order valence-corrected chi connectivity index (χ2v) is 7.33. The molecular formula is C19H19N3O2S. The van der Waals surface area contributed by atoms with Crippen LogP contribution >= 0.6 is 11.3 Å². The summed E-state index contributed by atoms with van der Waals surface area (Å²) in [5.74, 6) is 0.343. The maximum absolute atomic E-state index is 13.0. The Hall–Kier alpha value is -2.31. The standard InChI is InChI=1S/C19H19N3O2S/c23-19(18-10-15-3-1-2-4-17(15)25-18)22-7-8-24-12-14(11-22)9-16-5-6-20-13-21-16/h1-6,10,13-14H,7-9,11-12H2/t14-/m1/s1. The van der Waals surface area contributed by atoms with Gasteiger partial charge >= 0.3 is 0 Å². The Morgan fingerprint density at radius 1 is 1.32 bits per heavy atom. The predicted molar refractivity (Wildman–Crippen MR) is 97.8 cm³/mol. The molecule has 1 amide bonds. The summed E-state index contributed by atoms with van der Waals surface area (Å²) in [6.45, 7) is 2.56. The van der Waals surface area contributed by atoms with Gasteiger partial charge in [0.25, 0.3) is 5.91 Å². The zero-order valence-corrected chi connectivity index (χ0v) is 14.6. The van der Waals surface area contributed by atoms with Crippen LogP contribution in [0.2, 0.25) is 0 Å². The van der Waals surface area contributed by atoms with E-state index in [0.717, 1.165) is 27.1 Å². The van der Waals surface area contributed by atoms with Gasteiger partial charge in [-0.15, -0.1) is 11.3 Å². The number of rotatable bonds is 3. The molecule has 0 aliphatic carbocycles. The summed E-state index contributed by atoms with van der Waals surface area (Å²) in [6.07, 6.45) is 4.10. The quantitative estimate of drug-likeness (QED) is 0.726. The lowest BCUT2D eigenvalue weighted by atomic mass is 10.0. The molecule has 1 fully saturated rings. The number of ether oxygens (including phenoxy) is 1. The lowest BCUT2D eigenvalue weighted by molar-refractivity contribution is 0.0742. The maximum atomic E-state index is 13.0. The molecule has 0 unspecified atom stereocenters. The number of fused-ring (bicyclic) bond motifs is 1. The van der Waals surface area contributed by atoms with E-state index in [9.17, 15) is 4.79 Å². The molecule has 25 heavy (non-hydrogen) atoms. The highest BCUT2D eigenvalue weighted by Gasteiger charge is 2.25. The van der Waals surface area contributed by atoms with Crippen molar-refractivity contribution in [3.8, 4) is 0 Å². The van der Waals surface area contributed by atoms with E-state index in [2.05, 4.69) is 16.0 Å². The predicted octanol–water partition coefficient (Wildman–Crippen LogP) is 3.02. The monoisotopic (exact) mass is 353 g/mol. The Labute approximate surface area is 150 Å². The highest BCUT2D eigenvalue weighted by Crippen LogP contribution is 2.27. The highest BCUT2D eigenvalue weighted by molar-refractivity contribution is 7.20. The molecule has 0 saturated carbocycles. The van der Waals surface area contributed by atoms with Crippen molar-refractivity contribution in [2.75, 3.05) is 26.3 Å². The minimum absolute atomic E-state index is 0.0967. The Bertz CT molecular complexity index is 832. The van der Waals surface area contributed by atoms with Gasteiger partial charge in [0.2, 0.25) is 0 Å². The van der Waals surface area contributed by atoms with Gasteiger partial charge in [-0.2, -0.15) is 0 Å². The molecule has 5 nitrogen and oxygen atoms in total. The van der Waals surface area contributed by atoms with Crippen molar-refractivity contribution in [3.05, 3.63) is 59.5 Å². The molecule has 1 aliphatic heterocycles. The summed E-state index contributed by atoms with van der Waals surface area (Å²) < 4.78 is 6.87. The molecule has 3 heterocycles. The Kier molecular flexibility index (Phi) is 4.72. The average molecular weight is 353 g/mol. The van der Waals surface area contributed by atoms with Crippen LogP contribution in [0.3, 0.4) is 0 Å². The number of hydrogen-bond donors (Lipinski definition) is 0. The molecule has 128 valence electrons. The van der Waals surface area contributed by atoms with E-state index in [4.69, 9.17) is 4.74 Å². The van der Waals surface area contributed by atoms with Crippen molar-refractivity contribution in [1.82, 2.24) is 14.9 Å². The minimum atomic E-state index is 0.0967. The molecule has 0 spiro atoms. The van der Waals surface area contributed by atoms with Crippen LogP contribution in [-0.2, 0) is 11.2 Å². The number of amides is 1. The van der Waals surface area contributed by atoms with Gasteiger partial charge in [-0.1, -0.05) is 18.2 Å². The number of carbonyl (C=O) groups is 1. The van der Waals surface area contributed by atoms with E-state index in [0.29, 0.717) is 26.3 Å². The van der Waals surface area contributed by atoms with Gasteiger partial charge in [0.15, 0.2) is 0 Å². The van der Waals surface area contributed by atoms with Crippen LogP contribution in [0.1, 0.15) is 15.4 Å². The van der Waals surface area contributed by atoms with E-state index >= 15 is 0 Å². The van der Waals surface area contributed by atoms with Crippen LogP contribution in [0.5, 0.6) is 0 Å². The first-order chi connectivity index (χ1) is 12.3. The first-order valence-electron chi connectivity index (χ1n) is 8.40. The molecular weight excluding hydrogens is 334 g/mol. The van der Waals surface area contributed by atoms with Gasteiger partial charge in [0.05, 0.1) is 18.1 Å². The van der Waals surface area contributed by atoms with Crippen LogP contribution in [-0.4, -0.2) is 47.1 Å². The third kappa shape index (κ3) is 3.70. The van der Waals surface area contributed by atoms with Crippen LogP contribution < -0.4 is 0 Å². The van der Waals surface area contributed by atoms with Gasteiger partial charge in [-0.3, -0.25) is 4.79 Å². The van der Waals surface area contributed by atoms with Gasteiger partial charge in [-0.25, -0.2) is 9.97 Å². The molecule has 1 atom stereocenters. The SMILES string of the molecule is O=C(c1cc2ccccc2s1)N1CCOC[C@H](Cc2ccncn2)C1. The highest BCUT2D eigenvalue weighted by atomic mass is 32.1. The molecule has 2 aromatic heterocycles. The Balaban J connectivity index is 1.50. The van der Waals surface area contributed by atoms with Crippen LogP contribution in [0.25, 0.3) is 10.1 Å². The number of benzene rings is 1. The van der Waals surface area contributed by atoms with E-state index in [-0.39, 0.29) is 11.8 Å². The number of aromatic nitrogens is 2. The van der Waals surface area contributed by atoms with Crippen molar-refractivity contribution < 1.29 is 9.53 Å². The summed E-state index contributed by atoms with van der Waals surface area (Å²) in [6, 6.07) is 12.0. The molecule has 4 rings (SSSR count). The van der Waals surface area contributed by atoms with Gasteiger partial charge in [0.1, 0.15) is 6.33 Å². The fraction of sp³-hybridized carbons (Fsp3) is 0.316. The summed E-state index contributed by atoms with van der Waals surface area (Å²) >= 11 is 1.56. The summed E-state index contributed by atoms with van der Waals surface area (Å²) in [4.78, 5) is 23.9. The smallest absolute Gasteiger partial charge is 0.264 e. The molecule has 0 radical (unpaired) electrons. The zero-order chi connectivity index (χ0) is 17.1. The van der Waals surface area contributed by atoms with Crippen molar-refractivity contribution in [3.63, 3.8) is 0 Å². The number of nitrogens with zero attached hydrogens (tertiary/aromatic N) is 3. The summed E-state index contributed by atoms with van der Waals surface area (Å²) in [5, 5.41) is 1.12. The molecule has 1 aromatic carbocycles. The maximum Gasteiger partial charge on any atom is 0.264 e. The van der Waals surface area contributed by atoms with Crippen molar-refractivity contribution in [2.45, 2.75) is 6.42 Å². The summed E-state index contributed by atoms with van der Waals surface area (Å²) in [5.41, 5.74) is 0.986. The number of carbonyl (C=O) groups excluding carboxylic acids is 1. The van der Waals surface area contributed by atoms with Crippen LogP contribution in [0, 0.1) is 5.92 Å². The van der Waals surface area contributed by atoms with Crippen molar-refractivity contribution >= 4 is 27.3 Å². The topological polar surface area (TPSA) is 55.3 Å². The van der Waals surface area contributed by atoms with E-state index in [1.807, 2.05) is 35.2 Å². The van der Waals surface area contributed by atoms with Gasteiger partial charge in [0, 0.05) is 35.6 Å². The Morgan fingerprint density at radius 2 is 2.24 bits per heavy atom. The first-order valence-corrected chi connectivity index (χ1v) is 9.22. The van der Waals surface area contributed by atoms with Crippen molar-refractivity contribution in [1.29, 1.82) is 0 Å². The van der Waals surface area contributed by atoms with E-state index in [1.54, 1.807) is 23.9 Å². The molecule has 1 aliphatic rings. The largest absolute Gasteiger partial charge is 0.379 e. The molecule has 1 saturated heterocycles. The van der Waals surface area contributed by atoms with E-state index in [1.165, 1.54) is 0 Å². The number of hydrogen-bond acceptors (Lipinski definition) is 5. The second-order valence-electron chi connectivity index (χ2n) is 6.25. The second kappa shape index (κ2) is 7.29. The lowest BCUT2D eigenvalue weighted by Crippen LogP contribution is -2.36. The fourth-order valence-corrected chi connectivity index (χ4v) is 4.20. The average Bonchev–Trinajstić information content (AvgIpc) is 2.95. The van der Waals surface area contributed by atoms with Gasteiger partial charge < -0.3 is 9.64 Å². The van der Waals surface area contributed by atoms with Crippen molar-refractivity contribution in [2.24, 2.45) is 5.92 Å². The van der Waals surface area contributed by atoms with Crippen LogP contribution in [0.4, 0.5) is 0 Å². The van der Waals surface area contributed by atoms with Crippen LogP contribution in [0.15, 0.2) is 48.9 Å². The fourth-order valence-electron chi connectivity index (χ4n) is 3.17. The lowest BCUT2D eigenvalue weighted by Gasteiger charge is -2.23. The van der Waals surface area contributed by atoms with E-state index < -0.39 is 0 Å². The third-order valence-electron chi connectivity index (χ3n) is 4.40. The zero-order valence-electron chi connectivity index (χ0n) is 13.8. The molecule has 6 heteroatoms. The first kappa shape index (κ1) is 16.2. The molecule has 3 aromatic rings. The third-order valence-corrected chi connectivity index (χ3v) is 5.51. The van der Waals surface area contributed by atoms with Gasteiger partial charge in [-0.05, 0) is 30.0 Å². The number of thiophene rings is 1. The molecule has 0 N–H and O–H groups in total. The normalized spacial score (nSPS) is 18.2.